The normalized spacial score (nSPS) is 19.7. The molecule has 0 aliphatic carbocycles. The van der Waals surface area contributed by atoms with Crippen molar-refractivity contribution in [2.75, 3.05) is 65.6 Å². The summed E-state index contributed by atoms with van der Waals surface area (Å²) >= 11 is 0. The number of carbonyl (C=O) groups excluding carboxylic acids is 2. The number of aromatic amines is 1. The van der Waals surface area contributed by atoms with Crippen molar-refractivity contribution in [3.8, 4) is 0 Å². The molecule has 1 aromatic heterocycles. The molecule has 0 saturated carbocycles. The molecule has 3 heterocycles. The van der Waals surface area contributed by atoms with Gasteiger partial charge >= 0.3 is 0 Å². The largest absolute Gasteiger partial charge is 0.483 e. The fourth-order valence-corrected chi connectivity index (χ4v) is 4.09. The number of amides is 2. The van der Waals surface area contributed by atoms with Crippen LogP contribution < -0.4 is 0 Å². The van der Waals surface area contributed by atoms with Gasteiger partial charge in [-0.15, -0.1) is 0 Å². The maximum absolute atomic E-state index is 13.1. The second kappa shape index (κ2) is 11.6. The Balaban J connectivity index is 0.000000913. The first-order valence-electron chi connectivity index (χ1n) is 10.7. The minimum Gasteiger partial charge on any atom is -0.483 e. The lowest BCUT2D eigenvalue weighted by Gasteiger charge is -2.36. The van der Waals surface area contributed by atoms with Crippen molar-refractivity contribution in [1.82, 2.24) is 19.7 Å². The zero-order valence-electron chi connectivity index (χ0n) is 18.0. The molecule has 2 aliphatic heterocycles. The summed E-state index contributed by atoms with van der Waals surface area (Å²) in [6.45, 7) is 4.95. The van der Waals surface area contributed by atoms with Crippen LogP contribution in [0.15, 0.2) is 30.3 Å². The van der Waals surface area contributed by atoms with Crippen LogP contribution in [-0.4, -0.2) is 114 Å². The number of benzene rings is 1. The van der Waals surface area contributed by atoms with Crippen LogP contribution in [0.5, 0.6) is 0 Å². The van der Waals surface area contributed by atoms with Crippen LogP contribution >= 0.6 is 0 Å². The topological polar surface area (TPSA) is 126 Å². The van der Waals surface area contributed by atoms with Gasteiger partial charge in [0.1, 0.15) is 5.69 Å². The van der Waals surface area contributed by atoms with Gasteiger partial charge in [0.2, 0.25) is 5.91 Å². The van der Waals surface area contributed by atoms with E-state index in [9.17, 15) is 9.59 Å². The smallest absolute Gasteiger partial charge is 0.290 e. The van der Waals surface area contributed by atoms with Crippen LogP contribution in [0.25, 0.3) is 10.9 Å². The van der Waals surface area contributed by atoms with Crippen LogP contribution in [0, 0.1) is 5.92 Å². The van der Waals surface area contributed by atoms with Crippen molar-refractivity contribution in [3.63, 3.8) is 0 Å². The van der Waals surface area contributed by atoms with Crippen LogP contribution in [0.4, 0.5) is 0 Å². The van der Waals surface area contributed by atoms with E-state index < -0.39 is 0 Å². The average Bonchev–Trinajstić information content (AvgIpc) is 3.09. The van der Waals surface area contributed by atoms with E-state index in [2.05, 4.69) is 9.88 Å². The number of ether oxygens (including phenoxy) is 1. The van der Waals surface area contributed by atoms with Crippen LogP contribution in [0.2, 0.25) is 0 Å². The van der Waals surface area contributed by atoms with E-state index in [4.69, 9.17) is 19.7 Å². The number of H-pyrrole nitrogens is 1. The lowest BCUT2D eigenvalue weighted by Crippen LogP contribution is -2.52. The summed E-state index contributed by atoms with van der Waals surface area (Å²) in [6.07, 6.45) is 0. The molecule has 174 valence electrons. The van der Waals surface area contributed by atoms with Gasteiger partial charge < -0.3 is 29.7 Å². The van der Waals surface area contributed by atoms with Gasteiger partial charge in [0.25, 0.3) is 12.4 Å². The molecule has 2 saturated heterocycles. The zero-order valence-corrected chi connectivity index (χ0v) is 18.0. The predicted molar refractivity (Wildman–Crippen MR) is 117 cm³/mol. The van der Waals surface area contributed by atoms with Gasteiger partial charge in [-0.2, -0.15) is 0 Å². The number of hydrogen-bond acceptors (Lipinski definition) is 6. The van der Waals surface area contributed by atoms with Crippen LogP contribution in [0.3, 0.4) is 0 Å². The van der Waals surface area contributed by atoms with Gasteiger partial charge in [0.15, 0.2) is 0 Å². The monoisotopic (exact) mass is 446 g/mol. The number of aliphatic hydroxyl groups excluding tert-OH is 1. The molecule has 3 N–H and O–H groups in total. The van der Waals surface area contributed by atoms with Crippen molar-refractivity contribution in [1.29, 1.82) is 0 Å². The van der Waals surface area contributed by atoms with E-state index in [0.717, 1.165) is 24.0 Å². The number of aromatic nitrogens is 1. The fraction of sp³-hybridized carbons (Fsp3) is 0.500. The third-order valence-electron chi connectivity index (χ3n) is 5.76. The number of fused-ring (bicyclic) bond motifs is 1. The number of nitrogens with zero attached hydrogens (tertiary/aromatic N) is 3. The van der Waals surface area contributed by atoms with Crippen molar-refractivity contribution in [2.45, 2.75) is 0 Å². The third-order valence-corrected chi connectivity index (χ3v) is 5.76. The van der Waals surface area contributed by atoms with Gasteiger partial charge in [0.05, 0.1) is 25.7 Å². The number of carboxylic acid groups (broad SMARTS) is 1. The Morgan fingerprint density at radius 3 is 2.53 bits per heavy atom. The molecule has 1 atom stereocenters. The first-order valence-corrected chi connectivity index (χ1v) is 10.7. The fourth-order valence-electron chi connectivity index (χ4n) is 4.09. The second-order valence-corrected chi connectivity index (χ2v) is 7.79. The summed E-state index contributed by atoms with van der Waals surface area (Å²) < 4.78 is 5.66. The van der Waals surface area contributed by atoms with Gasteiger partial charge in [-0.3, -0.25) is 19.3 Å². The Bertz CT molecular complexity index is 876. The molecule has 4 rings (SSSR count). The van der Waals surface area contributed by atoms with Crippen molar-refractivity contribution in [3.05, 3.63) is 36.0 Å². The van der Waals surface area contributed by atoms with E-state index in [1.807, 2.05) is 35.2 Å². The highest BCUT2D eigenvalue weighted by Gasteiger charge is 2.32. The molecule has 2 aliphatic rings. The highest BCUT2D eigenvalue weighted by Crippen LogP contribution is 2.19. The molecule has 1 aromatic carbocycles. The molecule has 10 heteroatoms. The summed E-state index contributed by atoms with van der Waals surface area (Å²) in [5, 5.41) is 17.0. The number of para-hydroxylation sites is 1. The van der Waals surface area contributed by atoms with E-state index in [-0.39, 0.29) is 30.8 Å². The Hall–Kier alpha value is -2.95. The quantitative estimate of drug-likeness (QED) is 0.569. The highest BCUT2D eigenvalue weighted by molar-refractivity contribution is 5.98. The standard InChI is InChI=1S/C21H28N4O4.CH2O2/c26-11-9-23-5-7-24(8-6-23)20(27)17-14-25(10-12-29-15-17)21(28)19-13-16-3-1-2-4-18(16)22-19;2-1-3/h1-4,13,17,22,26H,5-12,14-15H2;1H,(H,2,3). The summed E-state index contributed by atoms with van der Waals surface area (Å²) in [6, 6.07) is 9.65. The Labute approximate surface area is 186 Å². The average molecular weight is 447 g/mol. The lowest BCUT2D eigenvalue weighted by molar-refractivity contribution is -0.139. The van der Waals surface area contributed by atoms with E-state index in [1.54, 1.807) is 4.90 Å². The van der Waals surface area contributed by atoms with Gasteiger partial charge in [0, 0.05) is 56.7 Å². The Morgan fingerprint density at radius 1 is 1.12 bits per heavy atom. The van der Waals surface area contributed by atoms with Gasteiger partial charge in [-0.25, -0.2) is 0 Å². The molecule has 2 amide bonds. The Morgan fingerprint density at radius 2 is 1.84 bits per heavy atom. The first-order chi connectivity index (χ1) is 15.6. The number of piperazine rings is 1. The minimum absolute atomic E-state index is 0.0463. The molecule has 32 heavy (non-hydrogen) atoms. The van der Waals surface area contributed by atoms with Gasteiger partial charge in [-0.1, -0.05) is 18.2 Å². The Kier molecular flexibility index (Phi) is 8.60. The van der Waals surface area contributed by atoms with Crippen molar-refractivity contribution < 1.29 is 29.3 Å². The molecule has 2 aromatic rings. The molecule has 10 nitrogen and oxygen atoms in total. The van der Waals surface area contributed by atoms with E-state index in [1.165, 1.54) is 0 Å². The molecule has 0 radical (unpaired) electrons. The predicted octanol–water partition coefficient (Wildman–Crippen LogP) is 0.0938. The molecule has 2 fully saturated rings. The number of hydrogen-bond donors (Lipinski definition) is 3. The molecular formula is C22H30N4O6. The lowest BCUT2D eigenvalue weighted by atomic mass is 10.1. The zero-order chi connectivity index (χ0) is 22.9. The highest BCUT2D eigenvalue weighted by atomic mass is 16.5. The number of aliphatic hydroxyl groups is 1. The van der Waals surface area contributed by atoms with Gasteiger partial charge in [-0.05, 0) is 12.1 Å². The summed E-state index contributed by atoms with van der Waals surface area (Å²) in [5.74, 6) is -0.405. The second-order valence-electron chi connectivity index (χ2n) is 7.79. The van der Waals surface area contributed by atoms with Crippen LogP contribution in [-0.2, 0) is 14.3 Å². The maximum atomic E-state index is 13.1. The number of carbonyl (C=O) groups is 3. The minimum atomic E-state index is -0.352. The first kappa shape index (κ1) is 23.7. The summed E-state index contributed by atoms with van der Waals surface area (Å²) in [5.41, 5.74) is 1.47. The number of β-amino-alcohol motifs (C(OH)–C–C–N with tert-alkyl or cyclic N) is 1. The van der Waals surface area contributed by atoms with E-state index >= 15 is 0 Å². The third kappa shape index (κ3) is 5.84. The molecule has 0 bridgehead atoms. The summed E-state index contributed by atoms with van der Waals surface area (Å²) in [7, 11) is 0. The number of nitrogens with one attached hydrogen (secondary N) is 1. The van der Waals surface area contributed by atoms with E-state index in [0.29, 0.717) is 51.6 Å². The molecular weight excluding hydrogens is 416 g/mol. The molecule has 0 spiro atoms. The number of rotatable bonds is 4. The van der Waals surface area contributed by atoms with Crippen molar-refractivity contribution in [2.24, 2.45) is 5.92 Å². The summed E-state index contributed by atoms with van der Waals surface area (Å²) in [4.78, 5) is 43.4. The maximum Gasteiger partial charge on any atom is 0.290 e. The van der Waals surface area contributed by atoms with Crippen molar-refractivity contribution >= 4 is 29.2 Å². The SMILES string of the molecule is O=C(c1cc2ccccc2[nH]1)N1CCOCC(C(=O)N2CCN(CCO)CC2)C1.O=CO. The van der Waals surface area contributed by atoms with Crippen LogP contribution in [0.1, 0.15) is 10.5 Å². The molecule has 1 unspecified atom stereocenters.